The van der Waals surface area contributed by atoms with Crippen molar-refractivity contribution in [3.05, 3.63) is 152 Å². The molecule has 0 fully saturated rings. The van der Waals surface area contributed by atoms with Gasteiger partial charge in [-0.2, -0.15) is 0 Å². The molecule has 0 atom stereocenters. The van der Waals surface area contributed by atoms with Crippen molar-refractivity contribution in [2.24, 2.45) is 0 Å². The third-order valence-electron chi connectivity index (χ3n) is 9.77. The number of nitrogens with zero attached hydrogens (tertiary/aromatic N) is 3. The maximum atomic E-state index is 6.94. The highest BCUT2D eigenvalue weighted by Gasteiger charge is 2.22. The molecule has 238 valence electrons. The second kappa shape index (κ2) is 10.9. The first kappa shape index (κ1) is 28.2. The van der Waals surface area contributed by atoms with Gasteiger partial charge in [0, 0.05) is 58.4 Å². The van der Waals surface area contributed by atoms with Gasteiger partial charge in [-0.3, -0.25) is 0 Å². The van der Waals surface area contributed by atoms with E-state index in [0.717, 1.165) is 77.1 Å². The molecule has 4 heterocycles. The first-order chi connectivity index (χ1) is 25.3. The second-order valence-corrected chi connectivity index (χ2v) is 13.8. The van der Waals surface area contributed by atoms with Crippen LogP contribution in [0.1, 0.15) is 0 Å². The van der Waals surface area contributed by atoms with Gasteiger partial charge < -0.3 is 8.83 Å². The van der Waals surface area contributed by atoms with Crippen LogP contribution < -0.4 is 0 Å². The van der Waals surface area contributed by atoms with Crippen LogP contribution in [0.2, 0.25) is 0 Å². The number of aromatic nitrogens is 3. The lowest BCUT2D eigenvalue weighted by molar-refractivity contribution is 0.669. The first-order valence-electron chi connectivity index (χ1n) is 16.9. The molecule has 51 heavy (non-hydrogen) atoms. The Morgan fingerprint density at radius 3 is 1.78 bits per heavy atom. The van der Waals surface area contributed by atoms with Crippen molar-refractivity contribution in [1.29, 1.82) is 0 Å². The standard InChI is InChI=1S/C45H25N3O2S/c1-2-12-26(13-3-1)43-46-44(33-20-11-25-38-40(33)32-15-5-7-24-37(32)51-38)48-45(47-43)34-21-9-19-30-29-18-8-17-28(41(29)50-42(30)34)27-16-10-23-36-39(27)31-14-4-6-22-35(31)49-36/h1-25H. The fourth-order valence-corrected chi connectivity index (χ4v) is 8.63. The van der Waals surface area contributed by atoms with Crippen molar-refractivity contribution in [3.8, 4) is 45.3 Å². The van der Waals surface area contributed by atoms with Crippen LogP contribution in [0.5, 0.6) is 0 Å². The highest BCUT2D eigenvalue weighted by atomic mass is 32.1. The van der Waals surface area contributed by atoms with Gasteiger partial charge >= 0.3 is 0 Å². The van der Waals surface area contributed by atoms with Crippen molar-refractivity contribution in [1.82, 2.24) is 15.0 Å². The number of para-hydroxylation sites is 3. The Labute approximate surface area is 295 Å². The number of benzene rings is 7. The van der Waals surface area contributed by atoms with Crippen molar-refractivity contribution in [3.63, 3.8) is 0 Å². The SMILES string of the molecule is c1ccc(-c2nc(-c3cccc4c3oc3c(-c5cccc6oc7ccccc7c56)cccc34)nc(-c3cccc4sc5ccccc5c34)n2)cc1. The van der Waals surface area contributed by atoms with E-state index in [0.29, 0.717) is 17.5 Å². The maximum Gasteiger partial charge on any atom is 0.167 e. The summed E-state index contributed by atoms with van der Waals surface area (Å²) in [5, 5.41) is 6.54. The minimum absolute atomic E-state index is 0.560. The average molecular weight is 672 g/mol. The summed E-state index contributed by atoms with van der Waals surface area (Å²) in [5.41, 5.74) is 8.04. The van der Waals surface area contributed by atoms with E-state index in [4.69, 9.17) is 23.8 Å². The molecule has 0 saturated heterocycles. The molecule has 0 saturated carbocycles. The molecule has 6 heteroatoms. The van der Waals surface area contributed by atoms with E-state index < -0.39 is 0 Å². The number of furan rings is 2. The van der Waals surface area contributed by atoms with E-state index in [1.54, 1.807) is 11.3 Å². The Morgan fingerprint density at radius 2 is 0.922 bits per heavy atom. The van der Waals surface area contributed by atoms with Gasteiger partial charge in [-0.1, -0.05) is 121 Å². The Morgan fingerprint density at radius 1 is 0.353 bits per heavy atom. The molecule has 0 radical (unpaired) electrons. The van der Waals surface area contributed by atoms with Crippen LogP contribution in [0, 0.1) is 0 Å². The third kappa shape index (κ3) is 4.30. The molecular formula is C45H25N3O2S. The first-order valence-corrected chi connectivity index (χ1v) is 17.7. The van der Waals surface area contributed by atoms with Crippen LogP contribution in [0.3, 0.4) is 0 Å². The molecule has 5 nitrogen and oxygen atoms in total. The second-order valence-electron chi connectivity index (χ2n) is 12.7. The van der Waals surface area contributed by atoms with Crippen molar-refractivity contribution < 1.29 is 8.83 Å². The van der Waals surface area contributed by atoms with Crippen LogP contribution in [0.4, 0.5) is 0 Å². The van der Waals surface area contributed by atoms with Crippen LogP contribution in [-0.4, -0.2) is 15.0 Å². The molecule has 0 aliphatic carbocycles. The molecule has 7 aromatic carbocycles. The lowest BCUT2D eigenvalue weighted by Crippen LogP contribution is -2.00. The zero-order valence-electron chi connectivity index (χ0n) is 27.0. The summed E-state index contributed by atoms with van der Waals surface area (Å²) in [6, 6.07) is 52.0. The van der Waals surface area contributed by atoms with E-state index >= 15 is 0 Å². The number of fused-ring (bicyclic) bond motifs is 9. The topological polar surface area (TPSA) is 65.0 Å². The van der Waals surface area contributed by atoms with Crippen LogP contribution in [0.25, 0.3) is 109 Å². The largest absolute Gasteiger partial charge is 0.456 e. The van der Waals surface area contributed by atoms with Gasteiger partial charge in [-0.05, 0) is 35.9 Å². The van der Waals surface area contributed by atoms with Crippen molar-refractivity contribution in [2.75, 3.05) is 0 Å². The Hall–Kier alpha value is -6.63. The Balaban J connectivity index is 1.17. The Kier molecular flexibility index (Phi) is 6.05. The van der Waals surface area contributed by atoms with E-state index in [1.165, 1.54) is 14.8 Å². The summed E-state index contributed by atoms with van der Waals surface area (Å²) in [7, 11) is 0. The van der Waals surface area contributed by atoms with E-state index in [1.807, 2.05) is 60.7 Å². The molecular weight excluding hydrogens is 647 g/mol. The lowest BCUT2D eigenvalue weighted by Gasteiger charge is -2.10. The van der Waals surface area contributed by atoms with Crippen LogP contribution in [0.15, 0.2) is 160 Å². The molecule has 0 N–H and O–H groups in total. The highest BCUT2D eigenvalue weighted by molar-refractivity contribution is 7.25. The normalized spacial score (nSPS) is 11.9. The fourth-order valence-electron chi connectivity index (χ4n) is 7.50. The minimum atomic E-state index is 0.560. The molecule has 0 amide bonds. The molecule has 0 bridgehead atoms. The fraction of sp³-hybridized carbons (Fsp3) is 0. The zero-order valence-corrected chi connectivity index (χ0v) is 27.8. The summed E-state index contributed by atoms with van der Waals surface area (Å²) >= 11 is 1.78. The maximum absolute atomic E-state index is 6.94. The van der Waals surface area contributed by atoms with Crippen molar-refractivity contribution >= 4 is 75.4 Å². The van der Waals surface area contributed by atoms with Gasteiger partial charge in [0.15, 0.2) is 17.5 Å². The number of thiophene rings is 1. The third-order valence-corrected chi connectivity index (χ3v) is 10.9. The van der Waals surface area contributed by atoms with E-state index in [-0.39, 0.29) is 0 Å². The molecule has 0 unspecified atom stereocenters. The minimum Gasteiger partial charge on any atom is -0.456 e. The smallest absolute Gasteiger partial charge is 0.167 e. The molecule has 0 spiro atoms. The summed E-state index contributed by atoms with van der Waals surface area (Å²) in [4.78, 5) is 15.4. The quantitative estimate of drug-likeness (QED) is 0.186. The monoisotopic (exact) mass is 671 g/mol. The summed E-state index contributed by atoms with van der Waals surface area (Å²) in [6.07, 6.45) is 0. The average Bonchev–Trinajstić information content (AvgIpc) is 3.89. The number of hydrogen-bond acceptors (Lipinski definition) is 6. The molecule has 4 aromatic heterocycles. The molecule has 11 rings (SSSR count). The highest BCUT2D eigenvalue weighted by Crippen LogP contribution is 2.44. The van der Waals surface area contributed by atoms with Gasteiger partial charge in [-0.15, -0.1) is 11.3 Å². The predicted octanol–water partition coefficient (Wildman–Crippen LogP) is 12.7. The lowest BCUT2D eigenvalue weighted by atomic mass is 9.97. The van der Waals surface area contributed by atoms with Crippen molar-refractivity contribution in [2.45, 2.75) is 0 Å². The summed E-state index contributed by atoms with van der Waals surface area (Å²) in [5.74, 6) is 1.80. The summed E-state index contributed by atoms with van der Waals surface area (Å²) in [6.45, 7) is 0. The van der Waals surface area contributed by atoms with Gasteiger partial charge in [0.25, 0.3) is 0 Å². The van der Waals surface area contributed by atoms with Gasteiger partial charge in [0.05, 0.1) is 5.56 Å². The molecule has 11 aromatic rings. The summed E-state index contributed by atoms with van der Waals surface area (Å²) < 4.78 is 15.6. The van der Waals surface area contributed by atoms with Gasteiger partial charge in [0.1, 0.15) is 22.3 Å². The Bertz CT molecular complexity index is 3160. The number of rotatable bonds is 4. The number of hydrogen-bond donors (Lipinski definition) is 0. The van der Waals surface area contributed by atoms with Gasteiger partial charge in [0.2, 0.25) is 0 Å². The van der Waals surface area contributed by atoms with E-state index in [2.05, 4.69) is 91.0 Å². The zero-order chi connectivity index (χ0) is 33.5. The van der Waals surface area contributed by atoms with E-state index in [9.17, 15) is 0 Å². The van der Waals surface area contributed by atoms with Crippen LogP contribution in [-0.2, 0) is 0 Å². The molecule has 0 aliphatic heterocycles. The van der Waals surface area contributed by atoms with Gasteiger partial charge in [-0.25, -0.2) is 15.0 Å². The predicted molar refractivity (Wildman–Crippen MR) is 209 cm³/mol. The molecule has 0 aliphatic rings. The van der Waals surface area contributed by atoms with Crippen LogP contribution >= 0.6 is 11.3 Å².